The fraction of sp³-hybridized carbons (Fsp3) is 0.269. The summed E-state index contributed by atoms with van der Waals surface area (Å²) in [7, 11) is -3.91. The minimum atomic E-state index is -3.91. The minimum Gasteiger partial charge on any atom is -0.354 e. The zero-order valence-electron chi connectivity index (χ0n) is 19.3. The van der Waals surface area contributed by atoms with E-state index in [4.69, 9.17) is 11.6 Å². The van der Waals surface area contributed by atoms with E-state index < -0.39 is 10.0 Å². The van der Waals surface area contributed by atoms with E-state index >= 15 is 0 Å². The molecule has 3 rings (SSSR count). The van der Waals surface area contributed by atoms with Crippen molar-refractivity contribution in [2.45, 2.75) is 30.9 Å². The Morgan fingerprint density at radius 3 is 2.35 bits per heavy atom. The van der Waals surface area contributed by atoms with Gasteiger partial charge in [0.2, 0.25) is 5.91 Å². The highest BCUT2D eigenvalue weighted by molar-refractivity contribution is 7.98. The van der Waals surface area contributed by atoms with E-state index in [1.807, 2.05) is 50.2 Å². The summed E-state index contributed by atoms with van der Waals surface area (Å²) in [6.45, 7) is 4.08. The number of carbonyl (C=O) groups is 1. The van der Waals surface area contributed by atoms with Gasteiger partial charge in [-0.2, -0.15) is 11.8 Å². The maximum absolute atomic E-state index is 13.4. The number of hydrogen-bond acceptors (Lipinski definition) is 4. The van der Waals surface area contributed by atoms with Gasteiger partial charge in [0.05, 0.1) is 10.6 Å². The van der Waals surface area contributed by atoms with E-state index in [1.165, 1.54) is 4.31 Å². The zero-order chi connectivity index (χ0) is 24.6. The van der Waals surface area contributed by atoms with Gasteiger partial charge in [-0.3, -0.25) is 9.10 Å². The molecule has 180 valence electrons. The monoisotopic (exact) mass is 516 g/mol. The summed E-state index contributed by atoms with van der Waals surface area (Å²) >= 11 is 7.69. The van der Waals surface area contributed by atoms with Crippen LogP contribution in [0.2, 0.25) is 5.02 Å². The van der Waals surface area contributed by atoms with Gasteiger partial charge in [0, 0.05) is 23.1 Å². The lowest BCUT2D eigenvalue weighted by atomic mass is 10.1. The van der Waals surface area contributed by atoms with Crippen LogP contribution in [0.15, 0.2) is 77.7 Å². The molecule has 0 atom stereocenters. The molecule has 1 N–H and O–H groups in total. The Balaban J connectivity index is 1.65. The summed E-state index contributed by atoms with van der Waals surface area (Å²) in [4.78, 5) is 12.9. The second kappa shape index (κ2) is 12.3. The minimum absolute atomic E-state index is 0.155. The number of sulfonamides is 1. The van der Waals surface area contributed by atoms with Crippen molar-refractivity contribution >= 4 is 45.0 Å². The molecule has 0 saturated heterocycles. The molecule has 3 aromatic carbocycles. The Morgan fingerprint density at radius 2 is 1.71 bits per heavy atom. The van der Waals surface area contributed by atoms with Gasteiger partial charge in [0.15, 0.2) is 0 Å². The van der Waals surface area contributed by atoms with Crippen LogP contribution >= 0.6 is 23.4 Å². The van der Waals surface area contributed by atoms with Gasteiger partial charge >= 0.3 is 0 Å². The molecule has 0 radical (unpaired) electrons. The topological polar surface area (TPSA) is 66.5 Å². The normalized spacial score (nSPS) is 11.3. The lowest BCUT2D eigenvalue weighted by molar-refractivity contribution is -0.119. The molecule has 0 fully saturated rings. The Labute approximate surface area is 211 Å². The molecule has 0 heterocycles. The quantitative estimate of drug-likeness (QED) is 0.344. The van der Waals surface area contributed by atoms with Gasteiger partial charge in [-0.1, -0.05) is 60.5 Å². The van der Waals surface area contributed by atoms with Crippen molar-refractivity contribution in [2.24, 2.45) is 0 Å². The zero-order valence-corrected chi connectivity index (χ0v) is 21.7. The highest BCUT2D eigenvalue weighted by atomic mass is 35.5. The first-order chi connectivity index (χ1) is 16.3. The van der Waals surface area contributed by atoms with Crippen LogP contribution in [0.5, 0.6) is 0 Å². The number of anilines is 1. The number of nitrogens with one attached hydrogen (secondary N) is 1. The molecule has 3 aromatic rings. The van der Waals surface area contributed by atoms with Crippen LogP contribution in [0, 0.1) is 6.92 Å². The van der Waals surface area contributed by atoms with Crippen LogP contribution < -0.4 is 9.62 Å². The standard InChI is InChI=1S/C26H29ClN2O3S2/c1-3-21-9-11-24(12-10-21)29(34(31,32)25-13-7-20(2)8-14-25)18-26(30)28-15-16-33-19-22-5-4-6-23(27)17-22/h4-14,17H,3,15-16,18-19H2,1-2H3,(H,28,30). The number of halogens is 1. The van der Waals surface area contributed by atoms with Crippen LogP contribution in [0.4, 0.5) is 5.69 Å². The molecule has 0 unspecified atom stereocenters. The fourth-order valence-corrected chi connectivity index (χ4v) is 5.76. The Hall–Kier alpha value is -2.48. The van der Waals surface area contributed by atoms with Gasteiger partial charge in [0.1, 0.15) is 6.54 Å². The Bertz CT molecular complexity index is 1200. The van der Waals surface area contributed by atoms with Crippen molar-refractivity contribution in [2.75, 3.05) is 23.1 Å². The van der Waals surface area contributed by atoms with Gasteiger partial charge in [-0.05, 0) is 60.9 Å². The number of rotatable bonds is 11. The van der Waals surface area contributed by atoms with Gasteiger partial charge in [-0.25, -0.2) is 8.42 Å². The van der Waals surface area contributed by atoms with Gasteiger partial charge in [0.25, 0.3) is 10.0 Å². The lowest BCUT2D eigenvalue weighted by Crippen LogP contribution is -2.41. The van der Waals surface area contributed by atoms with Crippen molar-refractivity contribution in [3.05, 3.63) is 94.5 Å². The second-order valence-electron chi connectivity index (χ2n) is 7.88. The summed E-state index contributed by atoms with van der Waals surface area (Å²) in [5, 5.41) is 3.55. The van der Waals surface area contributed by atoms with Crippen molar-refractivity contribution in [3.8, 4) is 0 Å². The summed E-state index contributed by atoms with van der Waals surface area (Å²) in [5.74, 6) is 1.14. The SMILES string of the molecule is CCc1ccc(N(CC(=O)NCCSCc2cccc(Cl)c2)S(=O)(=O)c2ccc(C)cc2)cc1. The van der Waals surface area contributed by atoms with Crippen molar-refractivity contribution in [1.29, 1.82) is 0 Å². The molecule has 0 aromatic heterocycles. The van der Waals surface area contributed by atoms with Gasteiger partial charge < -0.3 is 5.32 Å². The average molecular weight is 517 g/mol. The van der Waals surface area contributed by atoms with E-state index in [2.05, 4.69) is 5.32 Å². The molecule has 1 amide bonds. The van der Waals surface area contributed by atoms with Gasteiger partial charge in [-0.15, -0.1) is 0 Å². The molecule has 0 bridgehead atoms. The van der Waals surface area contributed by atoms with Crippen LogP contribution in [0.1, 0.15) is 23.6 Å². The number of benzene rings is 3. The first-order valence-electron chi connectivity index (χ1n) is 11.1. The first-order valence-corrected chi connectivity index (χ1v) is 14.0. The predicted octanol–water partition coefficient (Wildman–Crippen LogP) is 5.46. The van der Waals surface area contributed by atoms with E-state index in [-0.39, 0.29) is 17.3 Å². The number of nitrogens with zero attached hydrogens (tertiary/aromatic N) is 1. The number of thioether (sulfide) groups is 1. The summed E-state index contributed by atoms with van der Waals surface area (Å²) in [6.07, 6.45) is 0.846. The second-order valence-corrected chi connectivity index (χ2v) is 11.3. The van der Waals surface area contributed by atoms with E-state index in [0.29, 0.717) is 23.0 Å². The van der Waals surface area contributed by atoms with Crippen LogP contribution in [-0.2, 0) is 27.0 Å². The Kier molecular flexibility index (Phi) is 9.45. The maximum Gasteiger partial charge on any atom is 0.264 e. The molecule has 0 aliphatic carbocycles. The molecule has 0 saturated carbocycles. The molecular weight excluding hydrogens is 488 g/mol. The van der Waals surface area contributed by atoms with Crippen molar-refractivity contribution in [3.63, 3.8) is 0 Å². The number of aryl methyl sites for hydroxylation is 2. The largest absolute Gasteiger partial charge is 0.354 e. The molecular formula is C26H29ClN2O3S2. The predicted molar refractivity (Wildman–Crippen MR) is 142 cm³/mol. The van der Waals surface area contributed by atoms with Crippen LogP contribution in [-0.4, -0.2) is 33.2 Å². The summed E-state index contributed by atoms with van der Waals surface area (Å²) < 4.78 is 28.0. The van der Waals surface area contributed by atoms with Crippen molar-refractivity contribution < 1.29 is 13.2 Å². The number of carbonyl (C=O) groups excluding carboxylic acids is 1. The molecule has 8 heteroatoms. The third-order valence-corrected chi connectivity index (χ3v) is 8.31. The van der Waals surface area contributed by atoms with E-state index in [0.717, 1.165) is 28.9 Å². The number of amides is 1. The van der Waals surface area contributed by atoms with Crippen LogP contribution in [0.25, 0.3) is 0 Å². The molecule has 5 nitrogen and oxygen atoms in total. The molecule has 0 aliphatic heterocycles. The highest BCUT2D eigenvalue weighted by Gasteiger charge is 2.27. The van der Waals surface area contributed by atoms with E-state index in [9.17, 15) is 13.2 Å². The van der Waals surface area contributed by atoms with E-state index in [1.54, 1.807) is 48.2 Å². The smallest absolute Gasteiger partial charge is 0.264 e. The maximum atomic E-state index is 13.4. The molecule has 0 spiro atoms. The summed E-state index contributed by atoms with van der Waals surface area (Å²) in [5.41, 5.74) is 3.64. The average Bonchev–Trinajstić information content (AvgIpc) is 2.82. The third-order valence-electron chi connectivity index (χ3n) is 5.26. The van der Waals surface area contributed by atoms with Crippen molar-refractivity contribution in [1.82, 2.24) is 5.32 Å². The fourth-order valence-electron chi connectivity index (χ4n) is 3.32. The first kappa shape index (κ1) is 26.1. The summed E-state index contributed by atoms with van der Waals surface area (Å²) in [6, 6.07) is 21.6. The Morgan fingerprint density at radius 1 is 1.00 bits per heavy atom. The molecule has 34 heavy (non-hydrogen) atoms. The van der Waals surface area contributed by atoms with Crippen LogP contribution in [0.3, 0.4) is 0 Å². The highest BCUT2D eigenvalue weighted by Crippen LogP contribution is 2.24. The lowest BCUT2D eigenvalue weighted by Gasteiger charge is -2.24. The molecule has 0 aliphatic rings. The number of hydrogen-bond donors (Lipinski definition) is 1. The third kappa shape index (κ3) is 7.26.